The average Bonchev–Trinajstić information content (AvgIpc) is 3.25. The zero-order valence-corrected chi connectivity index (χ0v) is 19.3. The molecule has 1 atom stereocenters. The van der Waals surface area contributed by atoms with Gasteiger partial charge < -0.3 is 14.5 Å². The second-order valence-corrected chi connectivity index (χ2v) is 8.76. The number of carbonyl (C=O) groups is 1. The Labute approximate surface area is 190 Å². The normalized spacial score (nSPS) is 12.4. The van der Waals surface area contributed by atoms with Gasteiger partial charge in [0, 0.05) is 18.2 Å². The van der Waals surface area contributed by atoms with Crippen LogP contribution in [0.1, 0.15) is 39.0 Å². The smallest absolute Gasteiger partial charge is 0.262 e. The van der Waals surface area contributed by atoms with Crippen molar-refractivity contribution in [2.45, 2.75) is 51.0 Å². The van der Waals surface area contributed by atoms with Crippen molar-refractivity contribution in [1.82, 2.24) is 14.9 Å². The predicted octanol–water partition coefficient (Wildman–Crippen LogP) is 4.43. The third-order valence-electron chi connectivity index (χ3n) is 4.54. The Morgan fingerprint density at radius 1 is 1.32 bits per heavy atom. The lowest BCUT2D eigenvalue weighted by Crippen LogP contribution is -2.29. The molecule has 1 amide bonds. The monoisotopic (exact) mass is 463 g/mol. The summed E-state index contributed by atoms with van der Waals surface area (Å²) in [6, 6.07) is 8.35. The summed E-state index contributed by atoms with van der Waals surface area (Å²) < 4.78 is 12.5. The van der Waals surface area contributed by atoms with E-state index in [1.54, 1.807) is 35.1 Å². The molecular formula is C22H26ClN3O4S. The van der Waals surface area contributed by atoms with Crippen LogP contribution in [0.4, 0.5) is 0 Å². The maximum absolute atomic E-state index is 13.1. The zero-order valence-electron chi connectivity index (χ0n) is 17.8. The Morgan fingerprint density at radius 3 is 2.84 bits per heavy atom. The number of nitrogens with zero attached hydrogens (tertiary/aromatic N) is 2. The predicted molar refractivity (Wildman–Crippen MR) is 123 cm³/mol. The van der Waals surface area contributed by atoms with Crippen LogP contribution in [-0.4, -0.2) is 33.9 Å². The van der Waals surface area contributed by atoms with E-state index in [4.69, 9.17) is 20.8 Å². The van der Waals surface area contributed by atoms with Crippen LogP contribution in [0, 0.1) is 0 Å². The van der Waals surface area contributed by atoms with E-state index in [2.05, 4.69) is 10.3 Å². The molecule has 0 saturated heterocycles. The second kappa shape index (κ2) is 10.8. The van der Waals surface area contributed by atoms with Crippen LogP contribution in [0.25, 0.3) is 10.9 Å². The lowest BCUT2D eigenvalue weighted by Gasteiger charge is -2.15. The Kier molecular flexibility index (Phi) is 8.17. The number of benzene rings is 1. The molecule has 0 aliphatic carbocycles. The Hall–Kier alpha value is -2.29. The molecule has 0 fully saturated rings. The molecule has 0 saturated carbocycles. The third-order valence-corrected chi connectivity index (χ3v) is 5.75. The average molecular weight is 464 g/mol. The van der Waals surface area contributed by atoms with Crippen molar-refractivity contribution in [3.05, 3.63) is 57.7 Å². The number of thioether (sulfide) groups is 1. The van der Waals surface area contributed by atoms with Crippen molar-refractivity contribution in [3.63, 3.8) is 0 Å². The number of ether oxygens (including phenoxy) is 1. The van der Waals surface area contributed by atoms with Gasteiger partial charge in [-0.2, -0.15) is 0 Å². The van der Waals surface area contributed by atoms with Crippen molar-refractivity contribution in [1.29, 1.82) is 0 Å². The van der Waals surface area contributed by atoms with E-state index >= 15 is 0 Å². The summed E-state index contributed by atoms with van der Waals surface area (Å²) in [5.41, 5.74) is 0.358. The van der Waals surface area contributed by atoms with Crippen molar-refractivity contribution in [2.24, 2.45) is 0 Å². The van der Waals surface area contributed by atoms with Gasteiger partial charge in [0.2, 0.25) is 5.91 Å². The number of aromatic nitrogens is 2. The molecular weight excluding hydrogens is 438 g/mol. The summed E-state index contributed by atoms with van der Waals surface area (Å²) in [7, 11) is 0. The van der Waals surface area contributed by atoms with Crippen molar-refractivity contribution in [2.75, 3.05) is 12.4 Å². The largest absolute Gasteiger partial charge is 0.467 e. The fourth-order valence-corrected chi connectivity index (χ4v) is 4.05. The molecule has 1 unspecified atom stereocenters. The van der Waals surface area contributed by atoms with E-state index in [1.165, 1.54) is 11.8 Å². The summed E-state index contributed by atoms with van der Waals surface area (Å²) >= 11 is 7.30. The van der Waals surface area contributed by atoms with E-state index in [9.17, 15) is 9.59 Å². The number of fused-ring (bicyclic) bond motifs is 1. The highest BCUT2D eigenvalue weighted by Crippen LogP contribution is 2.21. The van der Waals surface area contributed by atoms with E-state index in [-0.39, 0.29) is 29.4 Å². The second-order valence-electron chi connectivity index (χ2n) is 7.38. The van der Waals surface area contributed by atoms with Crippen LogP contribution in [0.15, 0.2) is 51.0 Å². The number of rotatable bonds is 10. The first-order chi connectivity index (χ1) is 14.8. The quantitative estimate of drug-likeness (QED) is 0.272. The van der Waals surface area contributed by atoms with Gasteiger partial charge in [0.1, 0.15) is 5.76 Å². The van der Waals surface area contributed by atoms with Crippen molar-refractivity contribution >= 4 is 40.2 Å². The minimum Gasteiger partial charge on any atom is -0.467 e. The van der Waals surface area contributed by atoms with Gasteiger partial charge in [0.15, 0.2) is 5.16 Å². The molecule has 31 heavy (non-hydrogen) atoms. The summed E-state index contributed by atoms with van der Waals surface area (Å²) in [5, 5.41) is 4.36. The number of halogens is 1. The maximum atomic E-state index is 13.1. The number of hydrogen-bond donors (Lipinski definition) is 1. The molecule has 1 aromatic carbocycles. The topological polar surface area (TPSA) is 86.4 Å². The highest BCUT2D eigenvalue weighted by Gasteiger charge is 2.16. The molecule has 166 valence electrons. The summed E-state index contributed by atoms with van der Waals surface area (Å²) in [6.07, 6.45) is 2.36. The van der Waals surface area contributed by atoms with Gasteiger partial charge in [-0.3, -0.25) is 14.2 Å². The van der Waals surface area contributed by atoms with Crippen LogP contribution in [0.2, 0.25) is 5.02 Å². The van der Waals surface area contributed by atoms with Crippen molar-refractivity contribution in [3.8, 4) is 0 Å². The molecule has 9 heteroatoms. The highest BCUT2D eigenvalue weighted by atomic mass is 35.5. The lowest BCUT2D eigenvalue weighted by atomic mass is 10.2. The molecule has 7 nitrogen and oxygen atoms in total. The van der Waals surface area contributed by atoms with Crippen LogP contribution >= 0.6 is 23.4 Å². The molecule has 0 aliphatic rings. The van der Waals surface area contributed by atoms with Gasteiger partial charge in [0.25, 0.3) is 5.56 Å². The zero-order chi connectivity index (χ0) is 22.4. The number of hydrogen-bond acceptors (Lipinski definition) is 6. The SMILES string of the molecule is CC(C)OCCCn1c(SCC(=O)NC(C)c2ccco2)nc2cc(Cl)ccc2c1=O. The summed E-state index contributed by atoms with van der Waals surface area (Å²) in [6.45, 7) is 6.77. The summed E-state index contributed by atoms with van der Waals surface area (Å²) in [5.74, 6) is 0.620. The van der Waals surface area contributed by atoms with E-state index in [0.717, 1.165) is 0 Å². The van der Waals surface area contributed by atoms with E-state index in [0.29, 0.717) is 46.4 Å². The fourth-order valence-electron chi connectivity index (χ4n) is 3.04. The lowest BCUT2D eigenvalue weighted by molar-refractivity contribution is -0.119. The molecule has 3 rings (SSSR count). The van der Waals surface area contributed by atoms with Gasteiger partial charge in [-0.05, 0) is 57.5 Å². The molecule has 2 heterocycles. The Balaban J connectivity index is 1.76. The molecule has 0 bridgehead atoms. The first-order valence-corrected chi connectivity index (χ1v) is 11.5. The minimum atomic E-state index is -0.248. The number of carbonyl (C=O) groups excluding carboxylic acids is 1. The molecule has 2 aromatic heterocycles. The van der Waals surface area contributed by atoms with Crippen LogP contribution in [0.3, 0.4) is 0 Å². The van der Waals surface area contributed by atoms with Gasteiger partial charge in [-0.1, -0.05) is 23.4 Å². The minimum absolute atomic E-state index is 0.117. The van der Waals surface area contributed by atoms with Crippen LogP contribution < -0.4 is 10.9 Å². The van der Waals surface area contributed by atoms with Gasteiger partial charge in [-0.25, -0.2) is 4.98 Å². The fraction of sp³-hybridized carbons (Fsp3) is 0.409. The first kappa shape index (κ1) is 23.4. The molecule has 3 aromatic rings. The van der Waals surface area contributed by atoms with E-state index in [1.807, 2.05) is 26.8 Å². The standard InChI is InChI=1S/C22H26ClN3O4S/c1-14(2)29-11-5-9-26-21(28)17-8-7-16(23)12-18(17)25-22(26)31-13-20(27)24-15(3)19-6-4-10-30-19/h4,6-8,10,12,14-15H,5,9,11,13H2,1-3H3,(H,24,27). The van der Waals surface area contributed by atoms with Gasteiger partial charge in [-0.15, -0.1) is 0 Å². The van der Waals surface area contributed by atoms with Crippen LogP contribution in [-0.2, 0) is 16.1 Å². The van der Waals surface area contributed by atoms with Gasteiger partial charge >= 0.3 is 0 Å². The van der Waals surface area contributed by atoms with Gasteiger partial charge in [0.05, 0.1) is 35.1 Å². The number of furan rings is 1. The molecule has 1 N–H and O–H groups in total. The number of amides is 1. The molecule has 0 spiro atoms. The Morgan fingerprint density at radius 2 is 2.13 bits per heavy atom. The molecule has 0 aliphatic heterocycles. The number of nitrogens with one attached hydrogen (secondary N) is 1. The van der Waals surface area contributed by atoms with Crippen molar-refractivity contribution < 1.29 is 13.9 Å². The van der Waals surface area contributed by atoms with E-state index < -0.39 is 0 Å². The first-order valence-electron chi connectivity index (χ1n) is 10.1. The van der Waals surface area contributed by atoms with Crippen LogP contribution in [0.5, 0.6) is 0 Å². The third kappa shape index (κ3) is 6.35. The molecule has 0 radical (unpaired) electrons. The highest BCUT2D eigenvalue weighted by molar-refractivity contribution is 7.99. The maximum Gasteiger partial charge on any atom is 0.262 e. The summed E-state index contributed by atoms with van der Waals surface area (Å²) in [4.78, 5) is 30.1. The Bertz CT molecular complexity index is 1080.